The summed E-state index contributed by atoms with van der Waals surface area (Å²) in [5, 5.41) is 25.8. The van der Waals surface area contributed by atoms with E-state index in [1.54, 1.807) is 24.3 Å². The van der Waals surface area contributed by atoms with Crippen molar-refractivity contribution < 1.29 is 15.1 Å². The maximum atomic E-state index is 10.2. The van der Waals surface area contributed by atoms with Crippen LogP contribution in [0.1, 0.15) is 23.0 Å². The summed E-state index contributed by atoms with van der Waals surface area (Å²) in [6, 6.07) is 14.3. The van der Waals surface area contributed by atoms with Crippen LogP contribution in [-0.2, 0) is 4.84 Å². The Labute approximate surface area is 158 Å². The van der Waals surface area contributed by atoms with E-state index in [-0.39, 0.29) is 23.3 Å². The van der Waals surface area contributed by atoms with E-state index in [9.17, 15) is 10.2 Å². The van der Waals surface area contributed by atoms with E-state index in [0.29, 0.717) is 16.4 Å². The molecule has 0 aliphatic carbocycles. The molecular weight excluding hydrogens is 438 g/mol. The molecule has 0 aliphatic rings. The average molecular weight is 457 g/mol. The van der Waals surface area contributed by atoms with Crippen LogP contribution in [0.4, 0.5) is 0 Å². The number of nitrogens with zero attached hydrogens (tertiary/aromatic N) is 1. The van der Waals surface area contributed by atoms with Crippen molar-refractivity contribution in [3.8, 4) is 11.5 Å². The molecule has 0 aliphatic heterocycles. The Hall–Kier alpha value is -1.53. The molecule has 0 amide bonds. The molecule has 24 heavy (non-hydrogen) atoms. The van der Waals surface area contributed by atoms with Crippen molar-refractivity contribution in [1.82, 2.24) is 0 Å². The molecule has 2 unspecified atom stereocenters. The van der Waals surface area contributed by atoms with Gasteiger partial charge in [-0.05, 0) is 12.1 Å². The van der Waals surface area contributed by atoms with Gasteiger partial charge in [0, 0.05) is 33.6 Å². The SMILES string of the molecule is CON=C(C(CBr)c1ccccc1O)C(CBr)c1ccccc1O. The number of phenolic OH excluding ortho intramolecular Hbond substituents is 2. The molecule has 2 aromatic carbocycles. The van der Waals surface area contributed by atoms with E-state index in [1.807, 2.05) is 24.3 Å². The Morgan fingerprint density at radius 1 is 0.917 bits per heavy atom. The topological polar surface area (TPSA) is 62.0 Å². The summed E-state index contributed by atoms with van der Waals surface area (Å²) >= 11 is 7.04. The summed E-state index contributed by atoms with van der Waals surface area (Å²) in [5.74, 6) is 0.00864. The molecule has 0 heterocycles. The van der Waals surface area contributed by atoms with Crippen molar-refractivity contribution in [2.75, 3.05) is 17.8 Å². The minimum absolute atomic E-state index is 0.201. The lowest BCUT2D eigenvalue weighted by Gasteiger charge is -2.25. The van der Waals surface area contributed by atoms with Crippen molar-refractivity contribution in [3.63, 3.8) is 0 Å². The van der Waals surface area contributed by atoms with Gasteiger partial charge in [-0.3, -0.25) is 0 Å². The van der Waals surface area contributed by atoms with Crippen molar-refractivity contribution in [3.05, 3.63) is 59.7 Å². The summed E-state index contributed by atoms with van der Waals surface area (Å²) in [6.07, 6.45) is 0. The highest BCUT2D eigenvalue weighted by Gasteiger charge is 2.30. The summed E-state index contributed by atoms with van der Waals surface area (Å²) in [7, 11) is 1.49. The number of hydrogen-bond acceptors (Lipinski definition) is 4. The lowest BCUT2D eigenvalue weighted by molar-refractivity contribution is 0.211. The van der Waals surface area contributed by atoms with E-state index in [4.69, 9.17) is 4.84 Å². The van der Waals surface area contributed by atoms with Crippen LogP contribution in [-0.4, -0.2) is 33.7 Å². The van der Waals surface area contributed by atoms with Gasteiger partial charge in [0.25, 0.3) is 0 Å². The van der Waals surface area contributed by atoms with Crippen LogP contribution in [0.3, 0.4) is 0 Å². The van der Waals surface area contributed by atoms with Gasteiger partial charge in [-0.25, -0.2) is 0 Å². The molecule has 0 aromatic heterocycles. The number of oxime groups is 1. The fourth-order valence-electron chi connectivity index (χ4n) is 2.68. The van der Waals surface area contributed by atoms with Crippen LogP contribution >= 0.6 is 31.9 Å². The molecule has 0 spiro atoms. The highest BCUT2D eigenvalue weighted by Crippen LogP contribution is 2.37. The Kier molecular flexibility index (Phi) is 7.12. The molecule has 2 N–H and O–H groups in total. The zero-order valence-corrected chi connectivity index (χ0v) is 16.4. The van der Waals surface area contributed by atoms with Crippen molar-refractivity contribution in [1.29, 1.82) is 0 Å². The quantitative estimate of drug-likeness (QED) is 0.358. The van der Waals surface area contributed by atoms with Crippen LogP contribution in [0.25, 0.3) is 0 Å². The van der Waals surface area contributed by atoms with Crippen LogP contribution < -0.4 is 0 Å². The Bertz CT molecular complexity index is 651. The number of benzene rings is 2. The fourth-order valence-corrected chi connectivity index (χ4v) is 4.04. The van der Waals surface area contributed by atoms with Gasteiger partial charge in [0.05, 0.1) is 5.71 Å². The molecule has 0 radical (unpaired) electrons. The Balaban J connectivity index is 2.52. The van der Waals surface area contributed by atoms with Crippen molar-refractivity contribution in [2.45, 2.75) is 11.8 Å². The number of phenols is 2. The van der Waals surface area contributed by atoms with Crippen LogP contribution in [0, 0.1) is 0 Å². The first-order valence-corrected chi connectivity index (χ1v) is 9.67. The van der Waals surface area contributed by atoms with Crippen LogP contribution in [0.5, 0.6) is 11.5 Å². The minimum atomic E-state index is -0.201. The molecule has 0 saturated heterocycles. The van der Waals surface area contributed by atoms with E-state index < -0.39 is 0 Å². The summed E-state index contributed by atoms with van der Waals surface area (Å²) in [4.78, 5) is 5.08. The first-order valence-electron chi connectivity index (χ1n) is 7.42. The highest BCUT2D eigenvalue weighted by molar-refractivity contribution is 9.09. The normalized spacial score (nSPS) is 13.1. The lowest BCUT2D eigenvalue weighted by atomic mass is 9.84. The van der Waals surface area contributed by atoms with Gasteiger partial charge in [0.2, 0.25) is 0 Å². The molecule has 4 nitrogen and oxygen atoms in total. The molecule has 2 rings (SSSR count). The van der Waals surface area contributed by atoms with E-state index in [2.05, 4.69) is 37.0 Å². The summed E-state index contributed by atoms with van der Waals surface area (Å²) in [5.41, 5.74) is 2.23. The lowest BCUT2D eigenvalue weighted by Crippen LogP contribution is -2.24. The van der Waals surface area contributed by atoms with Gasteiger partial charge in [0.15, 0.2) is 0 Å². The van der Waals surface area contributed by atoms with Gasteiger partial charge in [-0.1, -0.05) is 73.4 Å². The molecule has 6 heteroatoms. The second kappa shape index (κ2) is 9.08. The van der Waals surface area contributed by atoms with Crippen molar-refractivity contribution in [2.24, 2.45) is 5.16 Å². The van der Waals surface area contributed by atoms with E-state index >= 15 is 0 Å². The molecular formula is C18H19Br2NO3. The number of hydrogen-bond donors (Lipinski definition) is 2. The second-order valence-corrected chi connectivity index (χ2v) is 6.53. The van der Waals surface area contributed by atoms with Gasteiger partial charge in [0.1, 0.15) is 18.6 Å². The molecule has 0 saturated carbocycles. The summed E-state index contributed by atoms with van der Waals surface area (Å²) in [6.45, 7) is 0. The van der Waals surface area contributed by atoms with E-state index in [0.717, 1.165) is 11.1 Å². The third kappa shape index (κ3) is 4.11. The monoisotopic (exact) mass is 455 g/mol. The third-order valence-corrected chi connectivity index (χ3v) is 5.14. The predicted octanol–water partition coefficient (Wildman–Crippen LogP) is 4.76. The van der Waals surface area contributed by atoms with Gasteiger partial charge < -0.3 is 15.1 Å². The molecule has 2 aromatic rings. The number of aromatic hydroxyl groups is 2. The smallest absolute Gasteiger partial charge is 0.119 e. The van der Waals surface area contributed by atoms with Gasteiger partial charge in [-0.15, -0.1) is 0 Å². The first kappa shape index (κ1) is 18.8. The number of rotatable bonds is 7. The number of halogens is 2. The predicted molar refractivity (Wildman–Crippen MR) is 104 cm³/mol. The first-order chi connectivity index (χ1) is 11.6. The van der Waals surface area contributed by atoms with Crippen LogP contribution in [0.15, 0.2) is 53.7 Å². The van der Waals surface area contributed by atoms with Gasteiger partial charge in [-0.2, -0.15) is 0 Å². The molecule has 0 bridgehead atoms. The van der Waals surface area contributed by atoms with Crippen molar-refractivity contribution >= 4 is 37.6 Å². The average Bonchev–Trinajstić information content (AvgIpc) is 2.59. The Morgan fingerprint density at radius 2 is 1.33 bits per heavy atom. The largest absolute Gasteiger partial charge is 0.508 e. The highest BCUT2D eigenvalue weighted by atomic mass is 79.9. The number of para-hydroxylation sites is 2. The Morgan fingerprint density at radius 3 is 1.67 bits per heavy atom. The van der Waals surface area contributed by atoms with E-state index in [1.165, 1.54) is 7.11 Å². The standard InChI is InChI=1S/C18H19Br2NO3/c1-24-21-18(14(10-19)12-6-2-4-8-16(12)22)15(11-20)13-7-3-5-9-17(13)23/h2-9,14-15,22-23H,10-11H2,1H3. The molecule has 2 atom stereocenters. The van der Waals surface area contributed by atoms with Gasteiger partial charge >= 0.3 is 0 Å². The molecule has 128 valence electrons. The zero-order chi connectivity index (χ0) is 17.5. The maximum absolute atomic E-state index is 10.2. The molecule has 0 fully saturated rings. The fraction of sp³-hybridized carbons (Fsp3) is 0.278. The maximum Gasteiger partial charge on any atom is 0.119 e. The van der Waals surface area contributed by atoms with Crippen LogP contribution in [0.2, 0.25) is 0 Å². The number of alkyl halides is 2. The zero-order valence-electron chi connectivity index (χ0n) is 13.2. The second-order valence-electron chi connectivity index (χ2n) is 5.23. The minimum Gasteiger partial charge on any atom is -0.508 e. The summed E-state index contributed by atoms with van der Waals surface area (Å²) < 4.78 is 0. The third-order valence-electron chi connectivity index (χ3n) is 3.84.